The lowest BCUT2D eigenvalue weighted by atomic mass is 9.84. The fourth-order valence-electron chi connectivity index (χ4n) is 3.24. The first kappa shape index (κ1) is 19.0. The zero-order valence-corrected chi connectivity index (χ0v) is 16.4. The lowest BCUT2D eigenvalue weighted by Crippen LogP contribution is -2.32. The molecular formula is C19H21N3O4S. The third-order valence-electron chi connectivity index (χ3n) is 4.74. The molecule has 0 spiro atoms. The smallest absolute Gasteiger partial charge is 0.337 e. The minimum absolute atomic E-state index is 0.0414. The summed E-state index contributed by atoms with van der Waals surface area (Å²) >= 11 is 1.48. The van der Waals surface area contributed by atoms with Gasteiger partial charge >= 0.3 is 5.97 Å². The van der Waals surface area contributed by atoms with Gasteiger partial charge in [0.15, 0.2) is 0 Å². The number of allylic oxidation sites excluding steroid dienone is 3. The summed E-state index contributed by atoms with van der Waals surface area (Å²) < 4.78 is 6.48. The second-order valence-electron chi connectivity index (χ2n) is 6.55. The van der Waals surface area contributed by atoms with Crippen LogP contribution in [0.5, 0.6) is 0 Å². The Morgan fingerprint density at radius 1 is 1.44 bits per heavy atom. The third kappa shape index (κ3) is 3.44. The maximum atomic E-state index is 12.9. The van der Waals surface area contributed by atoms with Crippen LogP contribution in [0.15, 0.2) is 46.5 Å². The van der Waals surface area contributed by atoms with Crippen molar-refractivity contribution in [2.45, 2.75) is 46.1 Å². The van der Waals surface area contributed by atoms with Gasteiger partial charge in [-0.2, -0.15) is 0 Å². The number of thiophene rings is 1. The summed E-state index contributed by atoms with van der Waals surface area (Å²) in [6, 6.07) is 1.86. The predicted molar refractivity (Wildman–Crippen MR) is 104 cm³/mol. The molecule has 0 radical (unpaired) electrons. The molecule has 7 nitrogen and oxygen atoms in total. The first-order chi connectivity index (χ1) is 12.8. The van der Waals surface area contributed by atoms with Gasteiger partial charge in [-0.25, -0.2) is 4.79 Å². The normalized spacial score (nSPS) is 18.4. The molecule has 3 heterocycles. The second-order valence-corrected chi connectivity index (χ2v) is 7.46. The molecule has 2 aromatic heterocycles. The Bertz CT molecular complexity index is 976. The van der Waals surface area contributed by atoms with Crippen molar-refractivity contribution in [3.63, 3.8) is 0 Å². The highest BCUT2D eigenvalue weighted by molar-refractivity contribution is 7.17. The minimum atomic E-state index is -0.809. The van der Waals surface area contributed by atoms with Crippen molar-refractivity contribution in [2.24, 2.45) is 0 Å². The summed E-state index contributed by atoms with van der Waals surface area (Å²) in [4.78, 5) is 28.5. The van der Waals surface area contributed by atoms with Crippen LogP contribution in [-0.2, 0) is 9.53 Å². The van der Waals surface area contributed by atoms with Gasteiger partial charge in [0.05, 0.1) is 22.3 Å². The largest absolute Gasteiger partial charge is 0.459 e. The Morgan fingerprint density at radius 2 is 2.19 bits per heavy atom. The van der Waals surface area contributed by atoms with Gasteiger partial charge in [0.25, 0.3) is 5.70 Å². The zero-order chi connectivity index (χ0) is 19.7. The number of ether oxygens (including phenoxy) is 1. The molecule has 2 aromatic rings. The first-order valence-corrected chi connectivity index (χ1v) is 9.58. The van der Waals surface area contributed by atoms with Crippen molar-refractivity contribution in [1.82, 2.24) is 10.3 Å². The summed E-state index contributed by atoms with van der Waals surface area (Å²) in [6.07, 6.45) is 3.76. The summed E-state index contributed by atoms with van der Waals surface area (Å²) in [6.45, 7) is 7.12. The van der Waals surface area contributed by atoms with Crippen LogP contribution < -0.4 is 5.32 Å². The average molecular weight is 387 g/mol. The van der Waals surface area contributed by atoms with Gasteiger partial charge in [0.2, 0.25) is 0 Å². The number of carbonyl (C=O) groups excluding carboxylic acids is 1. The van der Waals surface area contributed by atoms with E-state index in [2.05, 4.69) is 10.3 Å². The molecule has 0 saturated heterocycles. The van der Waals surface area contributed by atoms with E-state index in [9.17, 15) is 14.9 Å². The zero-order valence-electron chi connectivity index (χ0n) is 15.6. The number of dihydropyridines is 1. The van der Waals surface area contributed by atoms with Crippen LogP contribution in [0, 0.1) is 10.1 Å². The van der Waals surface area contributed by atoms with Gasteiger partial charge < -0.3 is 10.1 Å². The first-order valence-electron chi connectivity index (χ1n) is 8.70. The van der Waals surface area contributed by atoms with Gasteiger partial charge in [-0.3, -0.25) is 15.1 Å². The summed E-state index contributed by atoms with van der Waals surface area (Å²) in [5, 5.41) is 17.5. The van der Waals surface area contributed by atoms with E-state index in [1.807, 2.05) is 18.4 Å². The molecule has 142 valence electrons. The number of carbonyl (C=O) groups is 1. The van der Waals surface area contributed by atoms with Gasteiger partial charge in [-0.15, -0.1) is 11.3 Å². The molecule has 1 N–H and O–H groups in total. The van der Waals surface area contributed by atoms with E-state index in [4.69, 9.17) is 4.74 Å². The van der Waals surface area contributed by atoms with Crippen LogP contribution >= 0.6 is 11.3 Å². The van der Waals surface area contributed by atoms with Crippen molar-refractivity contribution in [1.29, 1.82) is 0 Å². The summed E-state index contributed by atoms with van der Waals surface area (Å²) in [5.41, 5.74) is 1.92. The molecule has 27 heavy (non-hydrogen) atoms. The van der Waals surface area contributed by atoms with Crippen LogP contribution in [-0.4, -0.2) is 22.0 Å². The van der Waals surface area contributed by atoms with Crippen LogP contribution in [0.3, 0.4) is 0 Å². The minimum Gasteiger partial charge on any atom is -0.459 e. The highest BCUT2D eigenvalue weighted by atomic mass is 32.1. The Kier molecular flexibility index (Phi) is 5.27. The van der Waals surface area contributed by atoms with Crippen molar-refractivity contribution >= 4 is 27.4 Å². The van der Waals surface area contributed by atoms with Crippen LogP contribution in [0.1, 0.15) is 45.6 Å². The van der Waals surface area contributed by atoms with E-state index in [0.717, 1.165) is 10.1 Å². The quantitative estimate of drug-likeness (QED) is 0.471. The molecule has 2 atom stereocenters. The van der Waals surface area contributed by atoms with E-state index in [0.29, 0.717) is 23.4 Å². The van der Waals surface area contributed by atoms with Gasteiger partial charge in [-0.05, 0) is 44.2 Å². The Morgan fingerprint density at radius 3 is 2.85 bits per heavy atom. The molecule has 1 aliphatic rings. The molecule has 0 aliphatic carbocycles. The standard InChI is InChI=1S/C19H21N3O4S/c1-5-10(2)26-19(23)16-11(3)21-12(4)18(22(24)25)17(16)14-9-27-15-6-7-20-8-13(14)15/h6-10,17,21H,5H2,1-4H3. The number of esters is 1. The van der Waals surface area contributed by atoms with Gasteiger partial charge in [0, 0.05) is 28.2 Å². The van der Waals surface area contributed by atoms with E-state index in [1.165, 1.54) is 11.3 Å². The van der Waals surface area contributed by atoms with Gasteiger partial charge in [-0.1, -0.05) is 6.92 Å². The SMILES string of the molecule is CCC(C)OC(=O)C1=C(C)NC(C)=C([N+](=O)[O-])C1c1csc2ccncc12. The van der Waals surface area contributed by atoms with E-state index in [-0.39, 0.29) is 17.4 Å². The lowest BCUT2D eigenvalue weighted by Gasteiger charge is -2.27. The molecule has 2 unspecified atom stereocenters. The van der Waals surface area contributed by atoms with Gasteiger partial charge in [0.1, 0.15) is 5.92 Å². The molecular weight excluding hydrogens is 366 g/mol. The average Bonchev–Trinajstić information content (AvgIpc) is 3.04. The van der Waals surface area contributed by atoms with Crippen molar-refractivity contribution in [3.05, 3.63) is 62.2 Å². The maximum Gasteiger partial charge on any atom is 0.337 e. The fraction of sp³-hybridized carbons (Fsp3) is 0.368. The highest BCUT2D eigenvalue weighted by Crippen LogP contribution is 2.43. The molecule has 1 aliphatic heterocycles. The number of nitro groups is 1. The number of pyridine rings is 1. The third-order valence-corrected chi connectivity index (χ3v) is 5.72. The monoisotopic (exact) mass is 387 g/mol. The van der Waals surface area contributed by atoms with Crippen LogP contribution in [0.25, 0.3) is 10.1 Å². The molecule has 0 bridgehead atoms. The molecule has 0 aromatic carbocycles. The van der Waals surface area contributed by atoms with Crippen molar-refractivity contribution < 1.29 is 14.5 Å². The van der Waals surface area contributed by atoms with Crippen molar-refractivity contribution in [2.75, 3.05) is 0 Å². The van der Waals surface area contributed by atoms with E-state index >= 15 is 0 Å². The second kappa shape index (κ2) is 7.48. The summed E-state index contributed by atoms with van der Waals surface area (Å²) in [5.74, 6) is -1.34. The van der Waals surface area contributed by atoms with E-state index in [1.54, 1.807) is 33.2 Å². The van der Waals surface area contributed by atoms with Crippen LogP contribution in [0.4, 0.5) is 0 Å². The topological polar surface area (TPSA) is 94.4 Å². The fourth-order valence-corrected chi connectivity index (χ4v) is 4.20. The van der Waals surface area contributed by atoms with Crippen LogP contribution in [0.2, 0.25) is 0 Å². The molecule has 0 amide bonds. The Balaban J connectivity index is 2.20. The molecule has 8 heteroatoms. The predicted octanol–water partition coefficient (Wildman–Crippen LogP) is 4.11. The number of aromatic nitrogens is 1. The highest BCUT2D eigenvalue weighted by Gasteiger charge is 2.42. The number of rotatable bonds is 5. The lowest BCUT2D eigenvalue weighted by molar-refractivity contribution is -0.431. The Labute approximate surface area is 160 Å². The number of nitrogens with zero attached hydrogens (tertiary/aromatic N) is 2. The number of fused-ring (bicyclic) bond motifs is 1. The molecule has 0 saturated carbocycles. The number of hydrogen-bond donors (Lipinski definition) is 1. The maximum absolute atomic E-state index is 12.9. The summed E-state index contributed by atoms with van der Waals surface area (Å²) in [7, 11) is 0. The van der Waals surface area contributed by atoms with Crippen molar-refractivity contribution in [3.8, 4) is 0 Å². The Hall–Kier alpha value is -2.74. The molecule has 3 rings (SSSR count). The molecule has 0 fully saturated rings. The van der Waals surface area contributed by atoms with E-state index < -0.39 is 16.8 Å². The number of nitrogens with one attached hydrogen (secondary N) is 1. The number of hydrogen-bond acceptors (Lipinski definition) is 7.